The average molecular weight is 251 g/mol. The summed E-state index contributed by atoms with van der Waals surface area (Å²) in [4.78, 5) is 15.8. The Kier molecular flexibility index (Phi) is 5.09. The Hall–Kier alpha value is -1.62. The number of anilines is 1. The normalized spacial score (nSPS) is 11.3. The summed E-state index contributed by atoms with van der Waals surface area (Å²) in [6.45, 7) is 5.42. The minimum absolute atomic E-state index is 0.00794. The molecule has 0 aliphatic rings. The van der Waals surface area contributed by atoms with Gasteiger partial charge in [0.25, 0.3) is 5.91 Å². The maximum Gasteiger partial charge on any atom is 0.269 e. The number of ether oxygens (including phenoxy) is 1. The van der Waals surface area contributed by atoms with E-state index in [1.807, 2.05) is 0 Å². The zero-order valence-corrected chi connectivity index (χ0v) is 11.2. The zero-order chi connectivity index (χ0) is 13.6. The van der Waals surface area contributed by atoms with Crippen LogP contribution in [0, 0.1) is 5.41 Å². The summed E-state index contributed by atoms with van der Waals surface area (Å²) >= 11 is 0. The number of carbonyl (C=O) groups excluding carboxylic acids is 1. The molecular weight excluding hydrogens is 230 g/mol. The summed E-state index contributed by atoms with van der Waals surface area (Å²) in [6, 6.07) is 3.22. The van der Waals surface area contributed by atoms with Crippen molar-refractivity contribution < 1.29 is 9.53 Å². The SMILES string of the molecule is COCCC(C)(C)CNC(=O)c1cc(N)ccn1. The molecule has 5 nitrogen and oxygen atoms in total. The Morgan fingerprint density at radius 2 is 2.28 bits per heavy atom. The van der Waals surface area contributed by atoms with E-state index in [1.165, 1.54) is 6.20 Å². The molecule has 0 fully saturated rings. The van der Waals surface area contributed by atoms with Gasteiger partial charge in [0.05, 0.1) is 0 Å². The van der Waals surface area contributed by atoms with E-state index >= 15 is 0 Å². The van der Waals surface area contributed by atoms with E-state index in [9.17, 15) is 4.79 Å². The van der Waals surface area contributed by atoms with Gasteiger partial charge in [-0.15, -0.1) is 0 Å². The maximum absolute atomic E-state index is 11.9. The smallest absolute Gasteiger partial charge is 0.269 e. The molecule has 0 atom stereocenters. The van der Waals surface area contributed by atoms with Gasteiger partial charge in [-0.2, -0.15) is 0 Å². The van der Waals surface area contributed by atoms with Crippen molar-refractivity contribution in [3.05, 3.63) is 24.0 Å². The van der Waals surface area contributed by atoms with Gasteiger partial charge in [-0.1, -0.05) is 13.8 Å². The molecule has 1 rings (SSSR count). The second kappa shape index (κ2) is 6.35. The number of pyridine rings is 1. The number of rotatable bonds is 6. The zero-order valence-electron chi connectivity index (χ0n) is 11.2. The molecular formula is C13H21N3O2. The van der Waals surface area contributed by atoms with Crippen molar-refractivity contribution in [2.24, 2.45) is 5.41 Å². The lowest BCUT2D eigenvalue weighted by molar-refractivity contribution is 0.0916. The van der Waals surface area contributed by atoms with E-state index in [2.05, 4.69) is 24.1 Å². The van der Waals surface area contributed by atoms with Crippen LogP contribution in [0.5, 0.6) is 0 Å². The Bertz CT molecular complexity index is 405. The molecule has 0 saturated heterocycles. The highest BCUT2D eigenvalue weighted by Gasteiger charge is 2.19. The van der Waals surface area contributed by atoms with Crippen LogP contribution < -0.4 is 11.1 Å². The average Bonchev–Trinajstić information content (AvgIpc) is 2.34. The Morgan fingerprint density at radius 3 is 2.89 bits per heavy atom. The highest BCUT2D eigenvalue weighted by atomic mass is 16.5. The number of nitrogens with two attached hydrogens (primary N) is 1. The number of carbonyl (C=O) groups is 1. The quantitative estimate of drug-likeness (QED) is 0.802. The fraction of sp³-hybridized carbons (Fsp3) is 0.538. The van der Waals surface area contributed by atoms with Gasteiger partial charge in [0, 0.05) is 32.1 Å². The molecule has 1 amide bonds. The van der Waals surface area contributed by atoms with Gasteiger partial charge in [-0.3, -0.25) is 9.78 Å². The van der Waals surface area contributed by atoms with E-state index in [4.69, 9.17) is 10.5 Å². The third-order valence-electron chi connectivity index (χ3n) is 2.73. The van der Waals surface area contributed by atoms with Crippen molar-refractivity contribution in [2.75, 3.05) is 26.0 Å². The van der Waals surface area contributed by atoms with Crippen molar-refractivity contribution in [1.29, 1.82) is 0 Å². The summed E-state index contributed by atoms with van der Waals surface area (Å²) in [7, 11) is 1.67. The van der Waals surface area contributed by atoms with Gasteiger partial charge in [-0.25, -0.2) is 0 Å². The number of hydrogen-bond donors (Lipinski definition) is 2. The van der Waals surface area contributed by atoms with Crippen LogP contribution in [0.2, 0.25) is 0 Å². The van der Waals surface area contributed by atoms with E-state index in [0.29, 0.717) is 24.5 Å². The molecule has 0 bridgehead atoms. The maximum atomic E-state index is 11.9. The fourth-order valence-corrected chi connectivity index (χ4v) is 1.45. The van der Waals surface area contributed by atoms with Crippen LogP contribution in [0.3, 0.4) is 0 Å². The molecule has 3 N–H and O–H groups in total. The lowest BCUT2D eigenvalue weighted by atomic mass is 9.89. The lowest BCUT2D eigenvalue weighted by Crippen LogP contribution is -2.35. The highest BCUT2D eigenvalue weighted by Crippen LogP contribution is 2.18. The van der Waals surface area contributed by atoms with Crippen molar-refractivity contribution in [3.63, 3.8) is 0 Å². The van der Waals surface area contributed by atoms with Crippen LogP contribution in [-0.2, 0) is 4.74 Å². The first kappa shape index (κ1) is 14.4. The third-order valence-corrected chi connectivity index (χ3v) is 2.73. The van der Waals surface area contributed by atoms with Gasteiger partial charge in [0.15, 0.2) is 0 Å². The molecule has 0 aliphatic carbocycles. The summed E-state index contributed by atoms with van der Waals surface area (Å²) < 4.78 is 5.04. The first-order valence-corrected chi connectivity index (χ1v) is 5.93. The van der Waals surface area contributed by atoms with Gasteiger partial charge in [0.2, 0.25) is 0 Å². The minimum atomic E-state index is -0.201. The fourth-order valence-electron chi connectivity index (χ4n) is 1.45. The largest absolute Gasteiger partial charge is 0.399 e. The molecule has 0 radical (unpaired) electrons. The molecule has 0 saturated carbocycles. The highest BCUT2D eigenvalue weighted by molar-refractivity contribution is 5.92. The standard InChI is InChI=1S/C13H21N3O2/c1-13(2,5-7-18-3)9-16-12(17)11-8-10(14)4-6-15-11/h4,6,8H,5,7,9H2,1-3H3,(H2,14,15)(H,16,17). The number of nitrogens with one attached hydrogen (secondary N) is 1. The molecule has 1 heterocycles. The second-order valence-corrected chi connectivity index (χ2v) is 5.06. The van der Waals surface area contributed by atoms with Crippen molar-refractivity contribution in [2.45, 2.75) is 20.3 Å². The predicted molar refractivity (Wildman–Crippen MR) is 71.3 cm³/mol. The number of nitrogens with zero attached hydrogens (tertiary/aromatic N) is 1. The number of hydrogen-bond acceptors (Lipinski definition) is 4. The summed E-state index contributed by atoms with van der Waals surface area (Å²) in [6.07, 6.45) is 2.41. The number of amides is 1. The Labute approximate surface area is 108 Å². The minimum Gasteiger partial charge on any atom is -0.399 e. The van der Waals surface area contributed by atoms with E-state index in [1.54, 1.807) is 19.2 Å². The molecule has 0 aromatic carbocycles. The molecule has 0 spiro atoms. The van der Waals surface area contributed by atoms with Crippen molar-refractivity contribution in [3.8, 4) is 0 Å². The van der Waals surface area contributed by atoms with Gasteiger partial charge < -0.3 is 15.8 Å². The summed E-state index contributed by atoms with van der Waals surface area (Å²) in [5.41, 5.74) is 6.48. The van der Waals surface area contributed by atoms with Crippen LogP contribution in [0.4, 0.5) is 5.69 Å². The van der Waals surface area contributed by atoms with Crippen LogP contribution in [-0.4, -0.2) is 31.2 Å². The van der Waals surface area contributed by atoms with Crippen LogP contribution in [0.15, 0.2) is 18.3 Å². The Morgan fingerprint density at radius 1 is 1.56 bits per heavy atom. The Balaban J connectivity index is 2.50. The molecule has 1 aromatic heterocycles. The van der Waals surface area contributed by atoms with E-state index in [0.717, 1.165) is 6.42 Å². The molecule has 18 heavy (non-hydrogen) atoms. The van der Waals surface area contributed by atoms with Crippen LogP contribution in [0.25, 0.3) is 0 Å². The van der Waals surface area contributed by atoms with E-state index in [-0.39, 0.29) is 11.3 Å². The monoisotopic (exact) mass is 251 g/mol. The number of nitrogen functional groups attached to an aromatic ring is 1. The molecule has 0 aliphatic heterocycles. The number of aromatic nitrogens is 1. The first-order valence-electron chi connectivity index (χ1n) is 5.93. The predicted octanol–water partition coefficient (Wildman–Crippen LogP) is 1.46. The van der Waals surface area contributed by atoms with E-state index < -0.39 is 0 Å². The van der Waals surface area contributed by atoms with Gasteiger partial charge in [0.1, 0.15) is 5.69 Å². The van der Waals surface area contributed by atoms with Crippen LogP contribution >= 0.6 is 0 Å². The van der Waals surface area contributed by atoms with Crippen molar-refractivity contribution >= 4 is 11.6 Å². The number of methoxy groups -OCH3 is 1. The van der Waals surface area contributed by atoms with Gasteiger partial charge in [-0.05, 0) is 24.0 Å². The molecule has 1 aromatic rings. The molecule has 100 valence electrons. The van der Waals surface area contributed by atoms with Gasteiger partial charge >= 0.3 is 0 Å². The molecule has 0 unspecified atom stereocenters. The topological polar surface area (TPSA) is 77.2 Å². The van der Waals surface area contributed by atoms with Crippen molar-refractivity contribution in [1.82, 2.24) is 10.3 Å². The lowest BCUT2D eigenvalue weighted by Gasteiger charge is -2.24. The second-order valence-electron chi connectivity index (χ2n) is 5.06. The summed E-state index contributed by atoms with van der Waals surface area (Å²) in [5.74, 6) is -0.201. The molecule has 5 heteroatoms. The third kappa shape index (κ3) is 4.71. The summed E-state index contributed by atoms with van der Waals surface area (Å²) in [5, 5.41) is 2.86. The first-order chi connectivity index (χ1) is 8.44. The van der Waals surface area contributed by atoms with Crippen LogP contribution in [0.1, 0.15) is 30.8 Å².